The van der Waals surface area contributed by atoms with E-state index in [1.807, 2.05) is 13.0 Å². The number of aromatic nitrogens is 2. The Balaban J connectivity index is 1.95. The lowest BCUT2D eigenvalue weighted by molar-refractivity contribution is 0.546. The Kier molecular flexibility index (Phi) is 2.50. The smallest absolute Gasteiger partial charge is 0.226 e. The fourth-order valence-electron chi connectivity index (χ4n) is 2.98. The third-order valence-corrected chi connectivity index (χ3v) is 3.97. The van der Waals surface area contributed by atoms with Crippen molar-refractivity contribution in [3.63, 3.8) is 0 Å². The van der Waals surface area contributed by atoms with Crippen LogP contribution in [-0.4, -0.2) is 27.5 Å². The Hall–Kier alpha value is -1.23. The molecule has 2 atom stereocenters. The summed E-state index contributed by atoms with van der Waals surface area (Å²) in [4.78, 5) is 11.7. The fourth-order valence-corrected chi connectivity index (χ4v) is 3.08. The molecule has 1 aliphatic heterocycles. The number of nitrogens with two attached hydrogens (primary N) is 1. The SMILES string of the molecule is Cc1cc(C(N)=S)nc(N2CC3CCC2C3)n1. The van der Waals surface area contributed by atoms with Crippen molar-refractivity contribution in [2.75, 3.05) is 11.4 Å². The van der Waals surface area contributed by atoms with Gasteiger partial charge in [0.25, 0.3) is 0 Å². The van der Waals surface area contributed by atoms with Crippen molar-refractivity contribution in [1.82, 2.24) is 9.97 Å². The number of piperidine rings is 1. The molecule has 0 aromatic carbocycles. The maximum atomic E-state index is 5.65. The average molecular weight is 248 g/mol. The predicted octanol–water partition coefficient (Wildman–Crippen LogP) is 1.41. The summed E-state index contributed by atoms with van der Waals surface area (Å²) in [5.74, 6) is 1.64. The highest BCUT2D eigenvalue weighted by Crippen LogP contribution is 2.38. The first-order valence-electron chi connectivity index (χ1n) is 6.05. The summed E-state index contributed by atoms with van der Waals surface area (Å²) in [7, 11) is 0. The van der Waals surface area contributed by atoms with Crippen LogP contribution in [-0.2, 0) is 0 Å². The minimum Gasteiger partial charge on any atom is -0.388 e. The minimum absolute atomic E-state index is 0.348. The number of nitrogens with zero attached hydrogens (tertiary/aromatic N) is 3. The van der Waals surface area contributed by atoms with Crippen LogP contribution in [0.4, 0.5) is 5.95 Å². The monoisotopic (exact) mass is 248 g/mol. The van der Waals surface area contributed by atoms with Crippen LogP contribution in [0.1, 0.15) is 30.7 Å². The number of hydrogen-bond donors (Lipinski definition) is 1. The maximum Gasteiger partial charge on any atom is 0.226 e. The normalized spacial score (nSPS) is 26.5. The molecule has 5 heteroatoms. The van der Waals surface area contributed by atoms with Gasteiger partial charge in [0.1, 0.15) is 10.7 Å². The van der Waals surface area contributed by atoms with E-state index in [0.717, 1.165) is 24.1 Å². The van der Waals surface area contributed by atoms with Gasteiger partial charge >= 0.3 is 0 Å². The lowest BCUT2D eigenvalue weighted by Gasteiger charge is -2.27. The molecule has 3 rings (SSSR count). The summed E-state index contributed by atoms with van der Waals surface area (Å²) in [6, 6.07) is 2.47. The van der Waals surface area contributed by atoms with Crippen molar-refractivity contribution in [3.8, 4) is 0 Å². The third-order valence-electron chi connectivity index (χ3n) is 3.76. The molecule has 2 bridgehead atoms. The second-order valence-electron chi connectivity index (χ2n) is 5.04. The van der Waals surface area contributed by atoms with E-state index in [2.05, 4.69) is 14.9 Å². The first-order valence-corrected chi connectivity index (χ1v) is 6.46. The van der Waals surface area contributed by atoms with E-state index in [1.54, 1.807) is 0 Å². The van der Waals surface area contributed by atoms with Crippen LogP contribution in [0, 0.1) is 12.8 Å². The molecule has 1 aromatic rings. The van der Waals surface area contributed by atoms with E-state index < -0.39 is 0 Å². The van der Waals surface area contributed by atoms with E-state index in [0.29, 0.717) is 16.7 Å². The molecular weight excluding hydrogens is 232 g/mol. The second-order valence-corrected chi connectivity index (χ2v) is 5.48. The summed E-state index contributed by atoms with van der Waals surface area (Å²) in [5, 5.41) is 0. The van der Waals surface area contributed by atoms with Crippen LogP contribution in [0.15, 0.2) is 6.07 Å². The van der Waals surface area contributed by atoms with Gasteiger partial charge < -0.3 is 10.6 Å². The molecule has 1 aliphatic carbocycles. The van der Waals surface area contributed by atoms with Gasteiger partial charge in [0.2, 0.25) is 5.95 Å². The van der Waals surface area contributed by atoms with Crippen LogP contribution in [0.2, 0.25) is 0 Å². The largest absolute Gasteiger partial charge is 0.388 e. The van der Waals surface area contributed by atoms with E-state index in [4.69, 9.17) is 18.0 Å². The number of fused-ring (bicyclic) bond motifs is 2. The molecule has 2 aliphatic rings. The van der Waals surface area contributed by atoms with Crippen molar-refractivity contribution in [2.24, 2.45) is 11.7 Å². The van der Waals surface area contributed by atoms with Gasteiger partial charge in [-0.05, 0) is 38.2 Å². The highest BCUT2D eigenvalue weighted by Gasteiger charge is 2.39. The molecule has 1 saturated carbocycles. The highest BCUT2D eigenvalue weighted by molar-refractivity contribution is 7.80. The van der Waals surface area contributed by atoms with Crippen molar-refractivity contribution in [1.29, 1.82) is 0 Å². The third kappa shape index (κ3) is 1.88. The van der Waals surface area contributed by atoms with Crippen molar-refractivity contribution in [2.45, 2.75) is 32.2 Å². The average Bonchev–Trinajstić information content (AvgIpc) is 2.89. The summed E-state index contributed by atoms with van der Waals surface area (Å²) in [6.45, 7) is 3.05. The molecular formula is C12H16N4S. The van der Waals surface area contributed by atoms with Gasteiger partial charge in [-0.1, -0.05) is 12.2 Å². The summed E-state index contributed by atoms with van der Waals surface area (Å²) < 4.78 is 0. The van der Waals surface area contributed by atoms with E-state index >= 15 is 0 Å². The zero-order chi connectivity index (χ0) is 12.0. The molecule has 4 nitrogen and oxygen atoms in total. The van der Waals surface area contributed by atoms with E-state index in [9.17, 15) is 0 Å². The quantitative estimate of drug-likeness (QED) is 0.802. The van der Waals surface area contributed by atoms with Gasteiger partial charge in [-0.3, -0.25) is 0 Å². The first kappa shape index (κ1) is 10.9. The van der Waals surface area contributed by atoms with Gasteiger partial charge in [-0.2, -0.15) is 0 Å². The van der Waals surface area contributed by atoms with Crippen LogP contribution in [0.5, 0.6) is 0 Å². The molecule has 2 fully saturated rings. The topological polar surface area (TPSA) is 55.0 Å². The van der Waals surface area contributed by atoms with Crippen LogP contribution < -0.4 is 10.6 Å². The molecule has 2 heterocycles. The minimum atomic E-state index is 0.348. The fraction of sp³-hybridized carbons (Fsp3) is 0.583. The Labute approximate surface area is 106 Å². The van der Waals surface area contributed by atoms with Crippen molar-refractivity contribution in [3.05, 3.63) is 17.5 Å². The predicted molar refractivity (Wildman–Crippen MR) is 71.1 cm³/mol. The Morgan fingerprint density at radius 3 is 2.88 bits per heavy atom. The van der Waals surface area contributed by atoms with Crippen molar-refractivity contribution >= 4 is 23.2 Å². The zero-order valence-electron chi connectivity index (χ0n) is 9.89. The van der Waals surface area contributed by atoms with Crippen LogP contribution in [0.25, 0.3) is 0 Å². The van der Waals surface area contributed by atoms with Crippen LogP contribution in [0.3, 0.4) is 0 Å². The van der Waals surface area contributed by atoms with Crippen LogP contribution >= 0.6 is 12.2 Å². The van der Waals surface area contributed by atoms with Gasteiger partial charge in [-0.15, -0.1) is 0 Å². The molecule has 2 N–H and O–H groups in total. The molecule has 2 unspecified atom stereocenters. The van der Waals surface area contributed by atoms with E-state index in [-0.39, 0.29) is 0 Å². The van der Waals surface area contributed by atoms with E-state index in [1.165, 1.54) is 19.3 Å². The summed E-state index contributed by atoms with van der Waals surface area (Å²) >= 11 is 4.99. The number of rotatable bonds is 2. The Morgan fingerprint density at radius 2 is 2.29 bits per heavy atom. The number of thiocarbonyl (C=S) groups is 1. The number of anilines is 1. The first-order chi connectivity index (χ1) is 8.13. The van der Waals surface area contributed by atoms with Gasteiger partial charge in [0, 0.05) is 18.3 Å². The summed E-state index contributed by atoms with van der Waals surface area (Å²) in [5.41, 5.74) is 7.27. The molecule has 1 saturated heterocycles. The van der Waals surface area contributed by atoms with Gasteiger partial charge in [0.05, 0.1) is 0 Å². The molecule has 0 spiro atoms. The molecule has 0 amide bonds. The zero-order valence-corrected chi connectivity index (χ0v) is 10.7. The molecule has 17 heavy (non-hydrogen) atoms. The number of hydrogen-bond acceptors (Lipinski definition) is 4. The maximum absolute atomic E-state index is 5.65. The Bertz CT molecular complexity index is 474. The number of aryl methyl sites for hydroxylation is 1. The molecule has 0 radical (unpaired) electrons. The van der Waals surface area contributed by atoms with Gasteiger partial charge in [-0.25, -0.2) is 9.97 Å². The van der Waals surface area contributed by atoms with Crippen molar-refractivity contribution < 1.29 is 0 Å². The highest BCUT2D eigenvalue weighted by atomic mass is 32.1. The lowest BCUT2D eigenvalue weighted by atomic mass is 10.1. The molecule has 90 valence electrons. The Morgan fingerprint density at radius 1 is 1.47 bits per heavy atom. The lowest BCUT2D eigenvalue weighted by Crippen LogP contribution is -2.34. The summed E-state index contributed by atoms with van der Waals surface area (Å²) in [6.07, 6.45) is 3.92. The standard InChI is InChI=1S/C12H16N4S/c1-7-4-10(11(13)17)15-12(14-7)16-6-8-2-3-9(16)5-8/h4,8-9H,2-3,5-6H2,1H3,(H2,13,17). The molecule has 1 aromatic heterocycles. The second kappa shape index (κ2) is 3.91. The van der Waals surface area contributed by atoms with Gasteiger partial charge in [0.15, 0.2) is 0 Å².